The van der Waals surface area contributed by atoms with Crippen LogP contribution in [-0.2, 0) is 0 Å². The second-order valence-corrected chi connectivity index (χ2v) is 9.96. The molecule has 41 heavy (non-hydrogen) atoms. The number of benzene rings is 4. The lowest BCUT2D eigenvalue weighted by atomic mass is 10.1. The Labute approximate surface area is 237 Å². The van der Waals surface area contributed by atoms with Gasteiger partial charge in [0.25, 0.3) is 0 Å². The molecule has 4 aromatic carbocycles. The molecule has 0 fully saturated rings. The standard InChI is InChI=1S/C36H24N4O/c1-3-11-31-25(9-1)15-16-26-17-18-27(23-33(26)40(31)35-13-5-7-21-37-35)39-32-12-4-2-10-29(32)30-20-19-28(24-34(30)39)41-36-14-6-8-22-38-36/h1-24H. The van der Waals surface area contributed by atoms with E-state index in [1.54, 1.807) is 6.20 Å². The van der Waals surface area contributed by atoms with Crippen LogP contribution in [0.5, 0.6) is 11.6 Å². The summed E-state index contributed by atoms with van der Waals surface area (Å²) >= 11 is 0. The van der Waals surface area contributed by atoms with Crippen molar-refractivity contribution >= 4 is 51.2 Å². The summed E-state index contributed by atoms with van der Waals surface area (Å²) in [5, 5.41) is 2.35. The number of para-hydroxylation sites is 2. The van der Waals surface area contributed by atoms with Crippen LogP contribution in [0.25, 0.3) is 39.6 Å². The fourth-order valence-corrected chi connectivity index (χ4v) is 5.70. The largest absolute Gasteiger partial charge is 0.439 e. The van der Waals surface area contributed by atoms with E-state index in [9.17, 15) is 0 Å². The molecule has 194 valence electrons. The van der Waals surface area contributed by atoms with Gasteiger partial charge in [-0.25, -0.2) is 9.97 Å². The van der Waals surface area contributed by atoms with Crippen LogP contribution in [0.15, 0.2) is 134 Å². The van der Waals surface area contributed by atoms with Crippen LogP contribution in [0.1, 0.15) is 11.1 Å². The fourth-order valence-electron chi connectivity index (χ4n) is 5.70. The Kier molecular flexibility index (Phi) is 5.38. The van der Waals surface area contributed by atoms with E-state index in [0.717, 1.165) is 56.2 Å². The van der Waals surface area contributed by atoms with E-state index in [4.69, 9.17) is 9.72 Å². The molecule has 0 amide bonds. The summed E-state index contributed by atoms with van der Waals surface area (Å²) in [6, 6.07) is 41.6. The Bertz CT molecular complexity index is 2080. The Morgan fingerprint density at radius 1 is 0.537 bits per heavy atom. The molecule has 3 aromatic heterocycles. The molecular weight excluding hydrogens is 504 g/mol. The summed E-state index contributed by atoms with van der Waals surface area (Å²) in [5.74, 6) is 2.17. The number of aromatic nitrogens is 3. The van der Waals surface area contributed by atoms with Crippen molar-refractivity contribution in [1.82, 2.24) is 14.5 Å². The van der Waals surface area contributed by atoms with Gasteiger partial charge in [0.05, 0.1) is 22.4 Å². The maximum absolute atomic E-state index is 6.14. The predicted octanol–water partition coefficient (Wildman–Crippen LogP) is 9.32. The molecule has 0 N–H and O–H groups in total. The number of fused-ring (bicyclic) bond motifs is 5. The molecule has 0 bridgehead atoms. The van der Waals surface area contributed by atoms with E-state index >= 15 is 0 Å². The first-order valence-electron chi connectivity index (χ1n) is 13.6. The highest BCUT2D eigenvalue weighted by molar-refractivity contribution is 6.09. The van der Waals surface area contributed by atoms with Gasteiger partial charge in [-0.1, -0.05) is 66.7 Å². The second kappa shape index (κ2) is 9.50. The number of pyridine rings is 2. The highest BCUT2D eigenvalue weighted by Crippen LogP contribution is 2.43. The fraction of sp³-hybridized carbons (Fsp3) is 0. The Balaban J connectivity index is 1.36. The lowest BCUT2D eigenvalue weighted by molar-refractivity contribution is 0.463. The van der Waals surface area contributed by atoms with E-state index in [-0.39, 0.29) is 0 Å². The number of hydrogen-bond acceptors (Lipinski definition) is 4. The third-order valence-electron chi connectivity index (χ3n) is 7.52. The van der Waals surface area contributed by atoms with Crippen LogP contribution in [0, 0.1) is 0 Å². The van der Waals surface area contributed by atoms with Crippen molar-refractivity contribution in [3.8, 4) is 17.3 Å². The van der Waals surface area contributed by atoms with Crippen molar-refractivity contribution in [2.45, 2.75) is 0 Å². The zero-order valence-corrected chi connectivity index (χ0v) is 22.1. The molecule has 1 aliphatic rings. The van der Waals surface area contributed by atoms with Gasteiger partial charge >= 0.3 is 0 Å². The summed E-state index contributed by atoms with van der Waals surface area (Å²) in [6.45, 7) is 0. The Morgan fingerprint density at radius 2 is 1.29 bits per heavy atom. The van der Waals surface area contributed by atoms with Gasteiger partial charge in [0.1, 0.15) is 11.6 Å². The van der Waals surface area contributed by atoms with Gasteiger partial charge in [0, 0.05) is 41.0 Å². The smallest absolute Gasteiger partial charge is 0.219 e. The maximum Gasteiger partial charge on any atom is 0.219 e. The number of rotatable bonds is 4. The monoisotopic (exact) mass is 528 g/mol. The zero-order valence-electron chi connectivity index (χ0n) is 22.1. The van der Waals surface area contributed by atoms with Crippen molar-refractivity contribution in [3.63, 3.8) is 0 Å². The van der Waals surface area contributed by atoms with Crippen LogP contribution >= 0.6 is 0 Å². The molecule has 1 aliphatic heterocycles. The average molecular weight is 529 g/mol. The first-order chi connectivity index (χ1) is 20.3. The Morgan fingerprint density at radius 3 is 2.15 bits per heavy atom. The highest BCUT2D eigenvalue weighted by Gasteiger charge is 2.22. The van der Waals surface area contributed by atoms with E-state index in [2.05, 4.69) is 112 Å². The molecular formula is C36H24N4O. The minimum atomic E-state index is 0.566. The third kappa shape index (κ3) is 3.95. The summed E-state index contributed by atoms with van der Waals surface area (Å²) in [4.78, 5) is 11.3. The first-order valence-corrected chi connectivity index (χ1v) is 13.6. The normalized spacial score (nSPS) is 12.2. The summed E-state index contributed by atoms with van der Waals surface area (Å²) in [5.41, 5.74) is 7.67. The zero-order chi connectivity index (χ0) is 27.2. The minimum absolute atomic E-state index is 0.566. The van der Waals surface area contributed by atoms with Crippen LogP contribution in [0.4, 0.5) is 17.2 Å². The maximum atomic E-state index is 6.14. The summed E-state index contributed by atoms with van der Waals surface area (Å²) in [7, 11) is 0. The van der Waals surface area contributed by atoms with Crippen molar-refractivity contribution in [2.75, 3.05) is 4.90 Å². The van der Waals surface area contributed by atoms with Gasteiger partial charge in [-0.05, 0) is 65.7 Å². The Hall–Kier alpha value is -5.68. The van der Waals surface area contributed by atoms with E-state index in [1.165, 1.54) is 5.39 Å². The number of hydrogen-bond donors (Lipinski definition) is 0. The molecule has 0 aliphatic carbocycles. The lowest BCUT2D eigenvalue weighted by Gasteiger charge is -2.26. The number of nitrogens with zero attached hydrogens (tertiary/aromatic N) is 4. The van der Waals surface area contributed by atoms with Crippen LogP contribution in [-0.4, -0.2) is 14.5 Å². The topological polar surface area (TPSA) is 43.2 Å². The molecule has 0 atom stereocenters. The van der Waals surface area contributed by atoms with Crippen LogP contribution in [0.2, 0.25) is 0 Å². The number of anilines is 3. The van der Waals surface area contributed by atoms with Gasteiger partial charge in [-0.3, -0.25) is 4.90 Å². The molecule has 0 saturated heterocycles. The first kappa shape index (κ1) is 23.2. The van der Waals surface area contributed by atoms with Crippen molar-refractivity contribution in [3.05, 3.63) is 145 Å². The van der Waals surface area contributed by atoms with Crippen molar-refractivity contribution in [2.24, 2.45) is 0 Å². The molecule has 5 nitrogen and oxygen atoms in total. The second-order valence-electron chi connectivity index (χ2n) is 9.96. The lowest BCUT2D eigenvalue weighted by Crippen LogP contribution is -2.13. The van der Waals surface area contributed by atoms with Gasteiger partial charge < -0.3 is 9.30 Å². The molecule has 5 heteroatoms. The van der Waals surface area contributed by atoms with E-state index in [1.807, 2.05) is 42.6 Å². The summed E-state index contributed by atoms with van der Waals surface area (Å²) in [6.07, 6.45) is 7.94. The molecule has 7 aromatic rings. The molecule has 0 spiro atoms. The van der Waals surface area contributed by atoms with Crippen LogP contribution in [0.3, 0.4) is 0 Å². The number of ether oxygens (including phenoxy) is 1. The minimum Gasteiger partial charge on any atom is -0.439 e. The SMILES string of the molecule is C1=Cc2ccc(-n3c4ccccc4c4ccc(Oc5ccccn5)cc43)cc2N(c2ccccn2)c2ccccc21. The predicted molar refractivity (Wildman–Crippen MR) is 166 cm³/mol. The van der Waals surface area contributed by atoms with E-state index < -0.39 is 0 Å². The van der Waals surface area contributed by atoms with Gasteiger partial charge in [0.15, 0.2) is 0 Å². The molecule has 0 radical (unpaired) electrons. The third-order valence-corrected chi connectivity index (χ3v) is 7.52. The van der Waals surface area contributed by atoms with Gasteiger partial charge in [0.2, 0.25) is 5.88 Å². The molecule has 8 rings (SSSR count). The van der Waals surface area contributed by atoms with Gasteiger partial charge in [-0.2, -0.15) is 0 Å². The molecule has 0 unspecified atom stereocenters. The van der Waals surface area contributed by atoms with Gasteiger partial charge in [-0.15, -0.1) is 0 Å². The van der Waals surface area contributed by atoms with Crippen molar-refractivity contribution < 1.29 is 4.74 Å². The van der Waals surface area contributed by atoms with E-state index in [0.29, 0.717) is 5.88 Å². The quantitative estimate of drug-likeness (QED) is 0.228. The summed E-state index contributed by atoms with van der Waals surface area (Å²) < 4.78 is 8.46. The van der Waals surface area contributed by atoms with Crippen molar-refractivity contribution in [1.29, 1.82) is 0 Å². The average Bonchev–Trinajstić information content (AvgIpc) is 3.25. The van der Waals surface area contributed by atoms with Crippen LogP contribution < -0.4 is 9.64 Å². The molecule has 4 heterocycles. The highest BCUT2D eigenvalue weighted by atomic mass is 16.5. The molecule has 0 saturated carbocycles.